The second-order valence-corrected chi connectivity index (χ2v) is 9.26. The van der Waals surface area contributed by atoms with Gasteiger partial charge in [-0.25, -0.2) is 0 Å². The van der Waals surface area contributed by atoms with Crippen molar-refractivity contribution < 1.29 is 4.79 Å². The summed E-state index contributed by atoms with van der Waals surface area (Å²) in [5.74, 6) is 0.838. The molecule has 0 aliphatic rings. The Bertz CT molecular complexity index is 1040. The van der Waals surface area contributed by atoms with Crippen LogP contribution in [0.3, 0.4) is 0 Å². The topological polar surface area (TPSA) is 59.8 Å². The molecule has 3 rings (SSSR count). The summed E-state index contributed by atoms with van der Waals surface area (Å²) in [5.41, 5.74) is 2.99. The third kappa shape index (κ3) is 5.52. The van der Waals surface area contributed by atoms with Crippen LogP contribution in [0, 0.1) is 0 Å². The number of carbonyl (C=O) groups is 1. The molecule has 0 spiro atoms. The summed E-state index contributed by atoms with van der Waals surface area (Å²) in [6.45, 7) is 11.0. The molecule has 3 aromatic rings. The first-order valence-electron chi connectivity index (χ1n) is 9.61. The first kappa shape index (κ1) is 22.1. The number of amides is 1. The van der Waals surface area contributed by atoms with E-state index < -0.39 is 0 Å². The molecule has 5 nitrogen and oxygen atoms in total. The van der Waals surface area contributed by atoms with Crippen molar-refractivity contribution >= 4 is 35.0 Å². The maximum absolute atomic E-state index is 12.3. The van der Waals surface area contributed by atoms with Crippen molar-refractivity contribution in [3.63, 3.8) is 0 Å². The van der Waals surface area contributed by atoms with E-state index in [2.05, 4.69) is 67.1 Å². The number of nitrogens with one attached hydrogen (secondary N) is 1. The molecule has 156 valence electrons. The number of rotatable bonds is 7. The van der Waals surface area contributed by atoms with Crippen LogP contribution in [-0.2, 0) is 16.8 Å². The van der Waals surface area contributed by atoms with Crippen LogP contribution < -0.4 is 5.32 Å². The fourth-order valence-corrected chi connectivity index (χ4v) is 3.85. The number of thioether (sulfide) groups is 1. The highest BCUT2D eigenvalue weighted by Crippen LogP contribution is 2.28. The Labute approximate surface area is 186 Å². The van der Waals surface area contributed by atoms with Crippen molar-refractivity contribution in [1.82, 2.24) is 14.8 Å². The van der Waals surface area contributed by atoms with Gasteiger partial charge in [0, 0.05) is 22.8 Å². The second kappa shape index (κ2) is 9.49. The molecule has 1 amide bonds. The molecule has 7 heteroatoms. The van der Waals surface area contributed by atoms with E-state index in [0.29, 0.717) is 22.4 Å². The number of aromatic nitrogens is 3. The van der Waals surface area contributed by atoms with Crippen LogP contribution in [0.1, 0.15) is 26.3 Å². The average molecular weight is 441 g/mol. The Morgan fingerprint density at radius 3 is 2.57 bits per heavy atom. The van der Waals surface area contributed by atoms with Gasteiger partial charge in [-0.3, -0.25) is 9.36 Å². The van der Waals surface area contributed by atoms with Gasteiger partial charge in [0.05, 0.1) is 5.75 Å². The molecular weight excluding hydrogens is 416 g/mol. The van der Waals surface area contributed by atoms with Gasteiger partial charge in [0.15, 0.2) is 11.0 Å². The zero-order chi connectivity index (χ0) is 21.7. The molecule has 0 saturated heterocycles. The highest BCUT2D eigenvalue weighted by Gasteiger charge is 2.17. The van der Waals surface area contributed by atoms with E-state index in [1.165, 1.54) is 17.3 Å². The quantitative estimate of drug-likeness (QED) is 0.372. The Balaban J connectivity index is 1.74. The number of anilines is 1. The van der Waals surface area contributed by atoms with Crippen LogP contribution in [-0.4, -0.2) is 26.4 Å². The van der Waals surface area contributed by atoms with Gasteiger partial charge in [0.1, 0.15) is 0 Å². The summed E-state index contributed by atoms with van der Waals surface area (Å²) in [4.78, 5) is 12.3. The number of halogens is 1. The number of nitrogens with zero attached hydrogens (tertiary/aromatic N) is 3. The minimum absolute atomic E-state index is 0.0880. The van der Waals surface area contributed by atoms with Crippen LogP contribution >= 0.6 is 23.4 Å². The molecule has 0 bridgehead atoms. The number of carbonyl (C=O) groups excluding carboxylic acids is 1. The molecule has 0 unspecified atom stereocenters. The van der Waals surface area contributed by atoms with Gasteiger partial charge in [0.25, 0.3) is 0 Å². The van der Waals surface area contributed by atoms with Crippen molar-refractivity contribution in [2.24, 2.45) is 0 Å². The van der Waals surface area contributed by atoms with Crippen molar-refractivity contribution in [2.75, 3.05) is 11.1 Å². The molecule has 0 fully saturated rings. The van der Waals surface area contributed by atoms with E-state index in [1.54, 1.807) is 30.3 Å². The molecule has 0 radical (unpaired) electrons. The summed E-state index contributed by atoms with van der Waals surface area (Å²) < 4.78 is 1.97. The highest BCUT2D eigenvalue weighted by atomic mass is 35.5. The van der Waals surface area contributed by atoms with E-state index in [-0.39, 0.29) is 17.1 Å². The summed E-state index contributed by atoms with van der Waals surface area (Å²) in [6.07, 6.45) is 1.80. The zero-order valence-corrected chi connectivity index (χ0v) is 18.9. The van der Waals surface area contributed by atoms with Gasteiger partial charge in [-0.1, -0.05) is 80.5 Å². The van der Waals surface area contributed by atoms with Crippen LogP contribution in [0.4, 0.5) is 5.69 Å². The fourth-order valence-electron chi connectivity index (χ4n) is 2.92. The molecule has 0 aliphatic heterocycles. The normalized spacial score (nSPS) is 11.3. The molecule has 1 heterocycles. The van der Waals surface area contributed by atoms with Crippen molar-refractivity contribution in [1.29, 1.82) is 0 Å². The Kier molecular flexibility index (Phi) is 7.00. The Morgan fingerprint density at radius 1 is 1.20 bits per heavy atom. The van der Waals surface area contributed by atoms with Crippen molar-refractivity contribution in [3.8, 4) is 11.4 Å². The molecule has 30 heavy (non-hydrogen) atoms. The maximum atomic E-state index is 12.3. The fraction of sp³-hybridized carbons (Fsp3) is 0.261. The second-order valence-electron chi connectivity index (χ2n) is 7.88. The van der Waals surface area contributed by atoms with Crippen LogP contribution in [0.5, 0.6) is 0 Å². The molecule has 0 saturated carbocycles. The SMILES string of the molecule is C=CCn1c(SCC(=O)Nc2cccc(Cl)c2)nnc1-c1ccc(C(C)(C)C)cc1. The lowest BCUT2D eigenvalue weighted by atomic mass is 9.87. The molecule has 0 atom stereocenters. The smallest absolute Gasteiger partial charge is 0.234 e. The highest BCUT2D eigenvalue weighted by molar-refractivity contribution is 7.99. The third-order valence-corrected chi connectivity index (χ3v) is 5.68. The number of hydrogen-bond acceptors (Lipinski definition) is 4. The molecule has 2 aromatic carbocycles. The van der Waals surface area contributed by atoms with E-state index in [4.69, 9.17) is 11.6 Å². The monoisotopic (exact) mass is 440 g/mol. The van der Waals surface area contributed by atoms with Gasteiger partial charge in [-0.05, 0) is 29.2 Å². The summed E-state index contributed by atoms with van der Waals surface area (Å²) in [5, 5.41) is 12.8. The lowest BCUT2D eigenvalue weighted by molar-refractivity contribution is -0.113. The first-order valence-corrected chi connectivity index (χ1v) is 11.0. The van der Waals surface area contributed by atoms with Gasteiger partial charge >= 0.3 is 0 Å². The minimum Gasteiger partial charge on any atom is -0.325 e. The molecular formula is C23H25ClN4OS. The van der Waals surface area contributed by atoms with Crippen LogP contribution in [0.25, 0.3) is 11.4 Å². The molecule has 0 aliphatic carbocycles. The number of hydrogen-bond donors (Lipinski definition) is 1. The Morgan fingerprint density at radius 2 is 1.93 bits per heavy atom. The van der Waals surface area contributed by atoms with E-state index in [9.17, 15) is 4.79 Å². The van der Waals surface area contributed by atoms with Crippen molar-refractivity contribution in [2.45, 2.75) is 37.9 Å². The zero-order valence-electron chi connectivity index (χ0n) is 17.4. The molecule has 1 aromatic heterocycles. The van der Waals surface area contributed by atoms with E-state index in [0.717, 1.165) is 11.4 Å². The van der Waals surface area contributed by atoms with Crippen LogP contribution in [0.2, 0.25) is 5.02 Å². The average Bonchev–Trinajstić information content (AvgIpc) is 3.09. The predicted molar refractivity (Wildman–Crippen MR) is 125 cm³/mol. The number of benzene rings is 2. The standard InChI is InChI=1S/C23H25ClN4OS/c1-5-13-28-21(16-9-11-17(12-10-16)23(2,3)4)26-27-22(28)30-15-20(29)25-19-8-6-7-18(24)14-19/h5-12,14H,1,13,15H2,2-4H3,(H,25,29). The first-order chi connectivity index (χ1) is 14.3. The van der Waals surface area contributed by atoms with E-state index >= 15 is 0 Å². The summed E-state index contributed by atoms with van der Waals surface area (Å²) in [6, 6.07) is 15.4. The van der Waals surface area contributed by atoms with Crippen molar-refractivity contribution in [3.05, 3.63) is 71.8 Å². The lowest BCUT2D eigenvalue weighted by Crippen LogP contribution is -2.14. The summed E-state index contributed by atoms with van der Waals surface area (Å²) in [7, 11) is 0. The van der Waals surface area contributed by atoms with Crippen LogP contribution in [0.15, 0.2) is 66.3 Å². The predicted octanol–water partition coefficient (Wildman–Crippen LogP) is 5.81. The van der Waals surface area contributed by atoms with Gasteiger partial charge in [-0.2, -0.15) is 0 Å². The Hall–Kier alpha value is -2.57. The number of allylic oxidation sites excluding steroid dienone is 1. The van der Waals surface area contributed by atoms with E-state index in [1.807, 2.05) is 4.57 Å². The largest absolute Gasteiger partial charge is 0.325 e. The minimum atomic E-state index is -0.133. The van der Waals surface area contributed by atoms with Gasteiger partial charge in [0.2, 0.25) is 5.91 Å². The summed E-state index contributed by atoms with van der Waals surface area (Å²) >= 11 is 7.30. The molecule has 1 N–H and O–H groups in total. The van der Waals surface area contributed by atoms with Gasteiger partial charge < -0.3 is 5.32 Å². The van der Waals surface area contributed by atoms with Gasteiger partial charge in [-0.15, -0.1) is 16.8 Å². The maximum Gasteiger partial charge on any atom is 0.234 e. The lowest BCUT2D eigenvalue weighted by Gasteiger charge is -2.19. The third-order valence-electron chi connectivity index (χ3n) is 4.48.